The summed E-state index contributed by atoms with van der Waals surface area (Å²) in [6.07, 6.45) is 0.799. The number of aromatic nitrogens is 1. The van der Waals surface area contributed by atoms with Gasteiger partial charge in [-0.3, -0.25) is 0 Å². The molecule has 2 aromatic rings. The Hall–Kier alpha value is -2.28. The first-order chi connectivity index (χ1) is 12.0. The molecule has 2 heterocycles. The van der Waals surface area contributed by atoms with E-state index < -0.39 is 0 Å². The number of nitrogens with zero attached hydrogens (tertiary/aromatic N) is 2. The first-order valence-electron chi connectivity index (χ1n) is 8.23. The second kappa shape index (κ2) is 7.31. The van der Waals surface area contributed by atoms with Crippen molar-refractivity contribution in [2.75, 3.05) is 20.8 Å². The summed E-state index contributed by atoms with van der Waals surface area (Å²) in [6.45, 7) is 5.16. The van der Waals surface area contributed by atoms with Gasteiger partial charge in [0.2, 0.25) is 0 Å². The number of carbonyl (C=O) groups excluding carboxylic acids is 1. The summed E-state index contributed by atoms with van der Waals surface area (Å²) in [6, 6.07) is 3.80. The molecular weight excluding hydrogens is 338 g/mol. The van der Waals surface area contributed by atoms with Gasteiger partial charge in [0.25, 0.3) is 0 Å². The number of thiazole rings is 1. The van der Waals surface area contributed by atoms with E-state index in [1.807, 2.05) is 36.3 Å². The third kappa shape index (κ3) is 3.71. The topological polar surface area (TPSA) is 63.7 Å². The molecule has 0 saturated heterocycles. The third-order valence-corrected chi connectivity index (χ3v) is 5.50. The third-order valence-electron chi connectivity index (χ3n) is 4.35. The fourth-order valence-electron chi connectivity index (χ4n) is 2.97. The van der Waals surface area contributed by atoms with E-state index in [-0.39, 0.29) is 12.1 Å². The number of fused-ring (bicyclic) bond motifs is 1. The molecule has 6 nitrogen and oxygen atoms in total. The van der Waals surface area contributed by atoms with Gasteiger partial charge in [-0.1, -0.05) is 0 Å². The van der Waals surface area contributed by atoms with E-state index in [0.717, 1.165) is 28.4 Å². The molecule has 1 aromatic carbocycles. The van der Waals surface area contributed by atoms with Crippen LogP contribution in [0.15, 0.2) is 17.5 Å². The minimum atomic E-state index is -0.0991. The van der Waals surface area contributed by atoms with Crippen molar-refractivity contribution < 1.29 is 14.3 Å². The van der Waals surface area contributed by atoms with E-state index in [2.05, 4.69) is 10.3 Å². The SMILES string of the molecule is COc1cc2c(cc1OC)CN(C(=O)NC(C)c1nc(C)cs1)CC2. The van der Waals surface area contributed by atoms with Gasteiger partial charge in [0.05, 0.1) is 20.3 Å². The molecule has 1 aliphatic heterocycles. The lowest BCUT2D eigenvalue weighted by Gasteiger charge is -2.30. The highest BCUT2D eigenvalue weighted by atomic mass is 32.1. The first-order valence-corrected chi connectivity index (χ1v) is 9.11. The number of nitrogens with one attached hydrogen (secondary N) is 1. The lowest BCUT2D eigenvalue weighted by Crippen LogP contribution is -2.43. The van der Waals surface area contributed by atoms with Crippen LogP contribution < -0.4 is 14.8 Å². The number of urea groups is 1. The van der Waals surface area contributed by atoms with E-state index in [4.69, 9.17) is 9.47 Å². The summed E-state index contributed by atoms with van der Waals surface area (Å²) in [7, 11) is 3.25. The Balaban J connectivity index is 1.70. The van der Waals surface area contributed by atoms with Crippen LogP contribution >= 0.6 is 11.3 Å². The predicted octanol–water partition coefficient (Wildman–Crippen LogP) is 3.30. The molecule has 0 saturated carbocycles. The molecule has 0 bridgehead atoms. The number of ether oxygens (including phenoxy) is 2. The Labute approximate surface area is 151 Å². The Morgan fingerprint density at radius 3 is 2.56 bits per heavy atom. The van der Waals surface area contributed by atoms with Gasteiger partial charge >= 0.3 is 6.03 Å². The highest BCUT2D eigenvalue weighted by Gasteiger charge is 2.24. The van der Waals surface area contributed by atoms with Crippen molar-refractivity contribution in [3.63, 3.8) is 0 Å². The van der Waals surface area contributed by atoms with Crippen molar-refractivity contribution in [1.29, 1.82) is 0 Å². The van der Waals surface area contributed by atoms with E-state index in [0.29, 0.717) is 18.8 Å². The van der Waals surface area contributed by atoms with Gasteiger partial charge in [-0.25, -0.2) is 9.78 Å². The van der Waals surface area contributed by atoms with E-state index in [1.165, 1.54) is 5.56 Å². The summed E-state index contributed by atoms with van der Waals surface area (Å²) in [4.78, 5) is 18.9. The zero-order valence-corrected chi connectivity index (χ0v) is 15.8. The number of aryl methyl sites for hydroxylation is 1. The fraction of sp³-hybridized carbons (Fsp3) is 0.444. The second-order valence-corrected chi connectivity index (χ2v) is 7.04. The van der Waals surface area contributed by atoms with Crippen LogP contribution in [0.4, 0.5) is 4.79 Å². The summed E-state index contributed by atoms with van der Waals surface area (Å²) < 4.78 is 10.7. The monoisotopic (exact) mass is 361 g/mol. The molecule has 1 atom stereocenters. The molecule has 7 heteroatoms. The standard InChI is InChI=1S/C18H23N3O3S/c1-11-10-25-17(19-11)12(2)20-18(22)21-6-5-13-7-15(23-3)16(24-4)8-14(13)9-21/h7-8,10,12H,5-6,9H2,1-4H3,(H,20,22). The van der Waals surface area contributed by atoms with Gasteiger partial charge in [-0.05, 0) is 43.5 Å². The number of hydrogen-bond acceptors (Lipinski definition) is 5. The molecule has 1 aromatic heterocycles. The quantitative estimate of drug-likeness (QED) is 0.908. The van der Waals surface area contributed by atoms with Crippen molar-refractivity contribution in [3.8, 4) is 11.5 Å². The first kappa shape index (κ1) is 17.5. The highest BCUT2D eigenvalue weighted by Crippen LogP contribution is 2.33. The number of carbonyl (C=O) groups is 1. The number of amides is 2. The average molecular weight is 361 g/mol. The Morgan fingerprint density at radius 2 is 1.96 bits per heavy atom. The molecule has 1 aliphatic rings. The van der Waals surface area contributed by atoms with Crippen LogP contribution in [0.1, 0.15) is 34.8 Å². The van der Waals surface area contributed by atoms with Gasteiger partial charge < -0.3 is 19.7 Å². The molecule has 0 aliphatic carbocycles. The van der Waals surface area contributed by atoms with E-state index in [1.54, 1.807) is 25.6 Å². The van der Waals surface area contributed by atoms with Gasteiger partial charge in [-0.15, -0.1) is 11.3 Å². The maximum absolute atomic E-state index is 12.6. The minimum Gasteiger partial charge on any atom is -0.493 e. The Bertz CT molecular complexity index is 775. The van der Waals surface area contributed by atoms with Gasteiger partial charge in [0.1, 0.15) is 5.01 Å². The highest BCUT2D eigenvalue weighted by molar-refractivity contribution is 7.09. The van der Waals surface area contributed by atoms with Crippen LogP contribution in [0.2, 0.25) is 0 Å². The number of rotatable bonds is 4. The fourth-order valence-corrected chi connectivity index (χ4v) is 3.77. The average Bonchev–Trinajstić information content (AvgIpc) is 3.06. The molecular formula is C18H23N3O3S. The molecule has 2 amide bonds. The molecule has 3 rings (SSSR count). The Morgan fingerprint density at radius 1 is 1.28 bits per heavy atom. The lowest BCUT2D eigenvalue weighted by molar-refractivity contribution is 0.189. The number of methoxy groups -OCH3 is 2. The molecule has 1 N–H and O–H groups in total. The summed E-state index contributed by atoms with van der Waals surface area (Å²) in [5.74, 6) is 1.42. The van der Waals surface area contributed by atoms with Crippen molar-refractivity contribution in [2.45, 2.75) is 32.9 Å². The van der Waals surface area contributed by atoms with Gasteiger partial charge in [0.15, 0.2) is 11.5 Å². The largest absolute Gasteiger partial charge is 0.493 e. The van der Waals surface area contributed by atoms with Crippen LogP contribution in [0, 0.1) is 6.92 Å². The van der Waals surface area contributed by atoms with Crippen molar-refractivity contribution in [2.24, 2.45) is 0 Å². The van der Waals surface area contributed by atoms with Gasteiger partial charge in [-0.2, -0.15) is 0 Å². The van der Waals surface area contributed by atoms with Crippen LogP contribution in [0.3, 0.4) is 0 Å². The molecule has 0 fully saturated rings. The molecule has 134 valence electrons. The van der Waals surface area contributed by atoms with Crippen LogP contribution in [0.5, 0.6) is 11.5 Å². The predicted molar refractivity (Wildman–Crippen MR) is 97.5 cm³/mol. The molecule has 25 heavy (non-hydrogen) atoms. The minimum absolute atomic E-state index is 0.0687. The smallest absolute Gasteiger partial charge is 0.318 e. The molecule has 1 unspecified atom stereocenters. The summed E-state index contributed by atoms with van der Waals surface area (Å²) in [5, 5.41) is 5.96. The van der Waals surface area contributed by atoms with Crippen LogP contribution in [-0.2, 0) is 13.0 Å². The zero-order chi connectivity index (χ0) is 18.0. The number of benzene rings is 1. The Kier molecular flexibility index (Phi) is 5.13. The molecule has 0 radical (unpaired) electrons. The van der Waals surface area contributed by atoms with E-state index in [9.17, 15) is 4.79 Å². The summed E-state index contributed by atoms with van der Waals surface area (Å²) >= 11 is 1.57. The van der Waals surface area contributed by atoms with Crippen LogP contribution in [0.25, 0.3) is 0 Å². The number of hydrogen-bond donors (Lipinski definition) is 1. The maximum atomic E-state index is 12.6. The van der Waals surface area contributed by atoms with Crippen molar-refractivity contribution in [1.82, 2.24) is 15.2 Å². The van der Waals surface area contributed by atoms with Gasteiger partial charge in [0, 0.05) is 24.2 Å². The van der Waals surface area contributed by atoms with E-state index >= 15 is 0 Å². The summed E-state index contributed by atoms with van der Waals surface area (Å²) in [5.41, 5.74) is 3.27. The normalized spacial score (nSPS) is 14.6. The van der Waals surface area contributed by atoms with Crippen molar-refractivity contribution >= 4 is 17.4 Å². The zero-order valence-electron chi connectivity index (χ0n) is 15.0. The lowest BCUT2D eigenvalue weighted by atomic mass is 9.99. The molecule has 0 spiro atoms. The van der Waals surface area contributed by atoms with Crippen LogP contribution in [-0.4, -0.2) is 36.7 Å². The second-order valence-electron chi connectivity index (χ2n) is 6.15. The maximum Gasteiger partial charge on any atom is 0.318 e. The van der Waals surface area contributed by atoms with Crippen molar-refractivity contribution in [3.05, 3.63) is 39.3 Å².